The van der Waals surface area contributed by atoms with Gasteiger partial charge in [-0.05, 0) is 36.8 Å². The van der Waals surface area contributed by atoms with Crippen LogP contribution in [0.4, 0.5) is 0 Å². The van der Waals surface area contributed by atoms with Crippen LogP contribution >= 0.6 is 24.0 Å². The van der Waals surface area contributed by atoms with Gasteiger partial charge in [0, 0.05) is 25.2 Å². The summed E-state index contributed by atoms with van der Waals surface area (Å²) in [4.78, 5) is 15.5. The summed E-state index contributed by atoms with van der Waals surface area (Å²) in [6.45, 7) is 3.06. The summed E-state index contributed by atoms with van der Waals surface area (Å²) in [6, 6.07) is 14.7. The number of aliphatic imine (C=N–C) groups is 1. The first-order valence-corrected chi connectivity index (χ1v) is 8.65. The Labute approximate surface area is 182 Å². The molecule has 8 heteroatoms. The Morgan fingerprint density at radius 1 is 1.14 bits per heavy atom. The van der Waals surface area contributed by atoms with Gasteiger partial charge in [0.05, 0.1) is 13.7 Å². The molecule has 0 spiro atoms. The second-order valence-corrected chi connectivity index (χ2v) is 5.98. The molecular weight excluding hydrogens is 471 g/mol. The molecule has 0 fully saturated rings. The molecule has 0 bridgehead atoms. The molecule has 0 saturated heterocycles. The Hall–Kier alpha value is -2.49. The maximum Gasteiger partial charge on any atom is 0.248 e. The zero-order chi connectivity index (χ0) is 19.6. The topological polar surface area (TPSA) is 98.0 Å². The number of nitrogens with two attached hydrogens (primary N) is 1. The third kappa shape index (κ3) is 7.63. The highest BCUT2D eigenvalue weighted by atomic mass is 127. The molecule has 0 aliphatic heterocycles. The number of nitrogens with one attached hydrogen (secondary N) is 2. The van der Waals surface area contributed by atoms with Crippen LogP contribution in [0.3, 0.4) is 0 Å². The molecule has 2 aromatic carbocycles. The van der Waals surface area contributed by atoms with Crippen LogP contribution in [-0.2, 0) is 6.54 Å². The average molecular weight is 498 g/mol. The lowest BCUT2D eigenvalue weighted by Gasteiger charge is -2.18. The predicted molar refractivity (Wildman–Crippen MR) is 122 cm³/mol. The molecule has 1 amide bonds. The quantitative estimate of drug-likeness (QED) is 0.295. The molecule has 1 atom stereocenters. The Balaban J connectivity index is 0.00000392. The lowest BCUT2D eigenvalue weighted by molar-refractivity contribution is 0.1000. The summed E-state index contributed by atoms with van der Waals surface area (Å²) in [5, 5.41) is 6.42. The van der Waals surface area contributed by atoms with Gasteiger partial charge in [-0.3, -0.25) is 9.79 Å². The van der Waals surface area contributed by atoms with Crippen LogP contribution < -0.4 is 25.8 Å². The van der Waals surface area contributed by atoms with Gasteiger partial charge >= 0.3 is 0 Å². The van der Waals surface area contributed by atoms with E-state index in [-0.39, 0.29) is 30.1 Å². The van der Waals surface area contributed by atoms with Crippen LogP contribution in [0.1, 0.15) is 22.8 Å². The molecule has 4 N–H and O–H groups in total. The second kappa shape index (κ2) is 12.1. The van der Waals surface area contributed by atoms with Crippen LogP contribution in [0.5, 0.6) is 11.5 Å². The summed E-state index contributed by atoms with van der Waals surface area (Å²) in [5.41, 5.74) is 6.73. The SMILES string of the molecule is CN=C(NCc1cccc(C(N)=O)c1)NCC(C)Oc1cccc(OC)c1.I. The molecule has 7 nitrogen and oxygen atoms in total. The normalized spacial score (nSPS) is 11.8. The lowest BCUT2D eigenvalue weighted by Crippen LogP contribution is -2.41. The Bertz CT molecular complexity index is 799. The van der Waals surface area contributed by atoms with Crippen molar-refractivity contribution in [1.82, 2.24) is 10.6 Å². The largest absolute Gasteiger partial charge is 0.497 e. The van der Waals surface area contributed by atoms with Gasteiger partial charge < -0.3 is 25.8 Å². The minimum Gasteiger partial charge on any atom is -0.497 e. The third-order valence-electron chi connectivity index (χ3n) is 3.83. The number of methoxy groups -OCH3 is 1. The summed E-state index contributed by atoms with van der Waals surface area (Å²) >= 11 is 0. The van der Waals surface area contributed by atoms with Gasteiger partial charge in [0.2, 0.25) is 5.91 Å². The Morgan fingerprint density at radius 2 is 1.86 bits per heavy atom. The number of halogens is 1. The van der Waals surface area contributed by atoms with Gasteiger partial charge in [0.1, 0.15) is 17.6 Å². The highest BCUT2D eigenvalue weighted by Crippen LogP contribution is 2.19. The fourth-order valence-electron chi connectivity index (χ4n) is 2.43. The third-order valence-corrected chi connectivity index (χ3v) is 3.83. The van der Waals surface area contributed by atoms with E-state index in [4.69, 9.17) is 15.2 Å². The average Bonchev–Trinajstić information content (AvgIpc) is 2.68. The number of hydrogen-bond donors (Lipinski definition) is 3. The van der Waals surface area contributed by atoms with Crippen molar-refractivity contribution in [2.24, 2.45) is 10.7 Å². The second-order valence-electron chi connectivity index (χ2n) is 5.98. The van der Waals surface area contributed by atoms with Crippen LogP contribution in [0.25, 0.3) is 0 Å². The number of amides is 1. The van der Waals surface area contributed by atoms with E-state index in [2.05, 4.69) is 15.6 Å². The van der Waals surface area contributed by atoms with E-state index >= 15 is 0 Å². The zero-order valence-electron chi connectivity index (χ0n) is 16.3. The van der Waals surface area contributed by atoms with E-state index in [1.165, 1.54) is 0 Å². The summed E-state index contributed by atoms with van der Waals surface area (Å²) in [6.07, 6.45) is -0.0751. The maximum atomic E-state index is 11.3. The first-order chi connectivity index (χ1) is 13.0. The Morgan fingerprint density at radius 3 is 2.54 bits per heavy atom. The fraction of sp³-hybridized carbons (Fsp3) is 0.300. The number of rotatable bonds is 8. The number of ether oxygens (including phenoxy) is 2. The van der Waals surface area contributed by atoms with E-state index in [0.29, 0.717) is 24.6 Å². The summed E-state index contributed by atoms with van der Waals surface area (Å²) < 4.78 is 11.1. The number of carbonyl (C=O) groups excluding carboxylic acids is 1. The maximum absolute atomic E-state index is 11.3. The van der Waals surface area contributed by atoms with Crippen LogP contribution in [0, 0.1) is 0 Å². The zero-order valence-corrected chi connectivity index (χ0v) is 18.6. The van der Waals surface area contributed by atoms with Crippen LogP contribution in [-0.4, -0.2) is 38.7 Å². The van der Waals surface area contributed by atoms with Gasteiger partial charge in [-0.1, -0.05) is 18.2 Å². The van der Waals surface area contributed by atoms with E-state index < -0.39 is 5.91 Å². The Kier molecular flexibility index (Phi) is 10.1. The number of hydrogen-bond acceptors (Lipinski definition) is 4. The van der Waals surface area contributed by atoms with Gasteiger partial charge in [0.25, 0.3) is 0 Å². The van der Waals surface area contributed by atoms with Gasteiger partial charge in [-0.15, -0.1) is 24.0 Å². The van der Waals surface area contributed by atoms with E-state index in [1.54, 1.807) is 32.4 Å². The standard InChI is InChI=1S/C20H26N4O3.HI/c1-14(27-18-9-5-8-17(11-18)26-3)12-23-20(22-2)24-13-15-6-4-7-16(10-15)19(21)25;/h4-11,14H,12-13H2,1-3H3,(H2,21,25)(H2,22,23,24);1H. The molecule has 0 radical (unpaired) electrons. The van der Waals surface area contributed by atoms with Crippen molar-refractivity contribution < 1.29 is 14.3 Å². The first kappa shape index (κ1) is 23.5. The molecule has 0 aromatic heterocycles. The highest BCUT2D eigenvalue weighted by Gasteiger charge is 2.07. The van der Waals surface area contributed by atoms with Crippen molar-refractivity contribution in [1.29, 1.82) is 0 Å². The molecule has 152 valence electrons. The van der Waals surface area contributed by atoms with E-state index in [0.717, 1.165) is 17.1 Å². The van der Waals surface area contributed by atoms with Crippen molar-refractivity contribution in [3.8, 4) is 11.5 Å². The molecule has 0 aliphatic carbocycles. The van der Waals surface area contributed by atoms with Crippen molar-refractivity contribution in [2.45, 2.75) is 19.6 Å². The summed E-state index contributed by atoms with van der Waals surface area (Å²) in [7, 11) is 3.32. The molecule has 2 aromatic rings. The van der Waals surface area contributed by atoms with Crippen molar-refractivity contribution in [2.75, 3.05) is 20.7 Å². The molecule has 0 saturated carbocycles. The highest BCUT2D eigenvalue weighted by molar-refractivity contribution is 14.0. The van der Waals surface area contributed by atoms with Crippen molar-refractivity contribution in [3.05, 3.63) is 59.7 Å². The monoisotopic (exact) mass is 498 g/mol. The summed E-state index contributed by atoms with van der Waals surface area (Å²) in [5.74, 6) is 1.70. The minimum atomic E-state index is -0.442. The number of benzene rings is 2. The van der Waals surface area contributed by atoms with E-state index in [1.807, 2.05) is 37.3 Å². The molecule has 0 heterocycles. The molecule has 0 aliphatic rings. The van der Waals surface area contributed by atoms with Gasteiger partial charge in [-0.25, -0.2) is 0 Å². The molecule has 28 heavy (non-hydrogen) atoms. The van der Waals surface area contributed by atoms with Crippen molar-refractivity contribution >= 4 is 35.8 Å². The molecule has 2 rings (SSSR count). The molecular formula is C20H27IN4O3. The van der Waals surface area contributed by atoms with Crippen LogP contribution in [0.2, 0.25) is 0 Å². The first-order valence-electron chi connectivity index (χ1n) is 8.65. The minimum absolute atomic E-state index is 0. The number of primary amides is 1. The smallest absolute Gasteiger partial charge is 0.248 e. The fourth-order valence-corrected chi connectivity index (χ4v) is 2.43. The number of carbonyl (C=O) groups is 1. The van der Waals surface area contributed by atoms with Crippen LogP contribution in [0.15, 0.2) is 53.5 Å². The van der Waals surface area contributed by atoms with E-state index in [9.17, 15) is 4.79 Å². The number of guanidine groups is 1. The lowest BCUT2D eigenvalue weighted by atomic mass is 10.1. The predicted octanol–water partition coefficient (Wildman–Crippen LogP) is 2.54. The number of nitrogens with zero attached hydrogens (tertiary/aromatic N) is 1. The van der Waals surface area contributed by atoms with Crippen molar-refractivity contribution in [3.63, 3.8) is 0 Å². The van der Waals surface area contributed by atoms with Gasteiger partial charge in [0.15, 0.2) is 5.96 Å². The molecule has 1 unspecified atom stereocenters. The van der Waals surface area contributed by atoms with Gasteiger partial charge in [-0.2, -0.15) is 0 Å².